The van der Waals surface area contributed by atoms with Crippen molar-refractivity contribution < 1.29 is 9.18 Å². The van der Waals surface area contributed by atoms with Crippen molar-refractivity contribution in [2.75, 3.05) is 16.8 Å². The van der Waals surface area contributed by atoms with E-state index in [2.05, 4.69) is 10.3 Å². The maximum atomic E-state index is 13.1. The van der Waals surface area contributed by atoms with Crippen molar-refractivity contribution in [2.24, 2.45) is 0 Å². The van der Waals surface area contributed by atoms with E-state index in [1.54, 1.807) is 12.1 Å². The molecule has 7 heteroatoms. The van der Waals surface area contributed by atoms with Crippen molar-refractivity contribution in [2.45, 2.75) is 5.03 Å². The molecule has 0 aliphatic heterocycles. The van der Waals surface area contributed by atoms with Crippen LogP contribution in [-0.4, -0.2) is 16.6 Å². The SMILES string of the molecule is Nc1ccc(F)cc1NC(=O)CSc1ccc(Cl)cn1. The predicted octanol–water partition coefficient (Wildman–Crippen LogP) is 3.19. The largest absolute Gasteiger partial charge is 0.397 e. The zero-order valence-corrected chi connectivity index (χ0v) is 11.8. The number of nitrogen functional groups attached to an aromatic ring is 1. The van der Waals surface area contributed by atoms with E-state index < -0.39 is 5.82 Å². The molecule has 0 unspecified atom stereocenters. The van der Waals surface area contributed by atoms with E-state index in [1.807, 2.05) is 0 Å². The molecule has 1 heterocycles. The quantitative estimate of drug-likeness (QED) is 0.672. The van der Waals surface area contributed by atoms with E-state index in [4.69, 9.17) is 17.3 Å². The molecule has 20 heavy (non-hydrogen) atoms. The lowest BCUT2D eigenvalue weighted by molar-refractivity contribution is -0.113. The van der Waals surface area contributed by atoms with E-state index >= 15 is 0 Å². The number of nitrogens with one attached hydrogen (secondary N) is 1. The number of carbonyl (C=O) groups excluding carboxylic acids is 1. The second-order valence-electron chi connectivity index (χ2n) is 3.88. The van der Waals surface area contributed by atoms with Crippen LogP contribution in [0.4, 0.5) is 15.8 Å². The number of nitrogens with zero attached hydrogens (tertiary/aromatic N) is 1. The summed E-state index contributed by atoms with van der Waals surface area (Å²) >= 11 is 6.96. The molecule has 1 aromatic heterocycles. The Labute approximate surface area is 124 Å². The van der Waals surface area contributed by atoms with Crippen molar-refractivity contribution in [3.63, 3.8) is 0 Å². The molecular formula is C13H11ClFN3OS. The predicted molar refractivity (Wildman–Crippen MR) is 79.4 cm³/mol. The summed E-state index contributed by atoms with van der Waals surface area (Å²) in [4.78, 5) is 15.8. The second-order valence-corrected chi connectivity index (χ2v) is 5.32. The van der Waals surface area contributed by atoms with Gasteiger partial charge >= 0.3 is 0 Å². The Morgan fingerprint density at radius 1 is 1.40 bits per heavy atom. The lowest BCUT2D eigenvalue weighted by Crippen LogP contribution is -2.15. The van der Waals surface area contributed by atoms with E-state index in [-0.39, 0.29) is 17.3 Å². The van der Waals surface area contributed by atoms with Crippen LogP contribution in [0, 0.1) is 5.82 Å². The number of hydrogen-bond donors (Lipinski definition) is 2. The van der Waals surface area contributed by atoms with Crippen molar-refractivity contribution in [1.29, 1.82) is 0 Å². The molecule has 2 rings (SSSR count). The van der Waals surface area contributed by atoms with Gasteiger partial charge in [-0.15, -0.1) is 0 Å². The summed E-state index contributed by atoms with van der Waals surface area (Å²) in [6.07, 6.45) is 1.51. The second kappa shape index (κ2) is 6.58. The Kier molecular flexibility index (Phi) is 4.81. The van der Waals surface area contributed by atoms with Crippen LogP contribution in [0.2, 0.25) is 5.02 Å². The summed E-state index contributed by atoms with van der Waals surface area (Å²) in [6.45, 7) is 0. The molecular weight excluding hydrogens is 301 g/mol. The summed E-state index contributed by atoms with van der Waals surface area (Å²) < 4.78 is 13.1. The highest BCUT2D eigenvalue weighted by atomic mass is 35.5. The van der Waals surface area contributed by atoms with Crippen molar-refractivity contribution in [3.05, 3.63) is 47.4 Å². The Morgan fingerprint density at radius 2 is 2.20 bits per heavy atom. The third-order valence-electron chi connectivity index (χ3n) is 2.34. The van der Waals surface area contributed by atoms with E-state index in [0.717, 1.165) is 0 Å². The fourth-order valence-electron chi connectivity index (χ4n) is 1.41. The molecule has 0 radical (unpaired) electrons. The summed E-state index contributed by atoms with van der Waals surface area (Å²) in [5.74, 6) is -0.601. The normalized spacial score (nSPS) is 10.3. The number of nitrogens with two attached hydrogens (primary N) is 1. The molecule has 4 nitrogen and oxygen atoms in total. The monoisotopic (exact) mass is 311 g/mol. The number of pyridine rings is 1. The first-order valence-corrected chi connectivity index (χ1v) is 7.00. The number of thioether (sulfide) groups is 1. The number of anilines is 2. The highest BCUT2D eigenvalue weighted by Gasteiger charge is 2.07. The molecule has 1 aromatic carbocycles. The van der Waals surface area contributed by atoms with Gasteiger partial charge in [0, 0.05) is 6.20 Å². The molecule has 0 fully saturated rings. The number of amides is 1. The number of aromatic nitrogens is 1. The third-order valence-corrected chi connectivity index (χ3v) is 3.51. The van der Waals surface area contributed by atoms with Gasteiger partial charge in [0.15, 0.2) is 0 Å². The fraction of sp³-hybridized carbons (Fsp3) is 0.0769. The summed E-state index contributed by atoms with van der Waals surface area (Å²) in [5.41, 5.74) is 6.22. The topological polar surface area (TPSA) is 68.0 Å². The van der Waals surface area contributed by atoms with E-state index in [1.165, 1.54) is 36.2 Å². The summed E-state index contributed by atoms with van der Waals surface area (Å²) in [7, 11) is 0. The fourth-order valence-corrected chi connectivity index (χ4v) is 2.16. The molecule has 0 spiro atoms. The van der Waals surface area contributed by atoms with Crippen LogP contribution < -0.4 is 11.1 Å². The molecule has 0 aliphatic carbocycles. The number of halogens is 2. The number of hydrogen-bond acceptors (Lipinski definition) is 4. The maximum Gasteiger partial charge on any atom is 0.234 e. The minimum absolute atomic E-state index is 0.143. The van der Waals surface area contributed by atoms with Crippen LogP contribution in [0.1, 0.15) is 0 Å². The van der Waals surface area contributed by atoms with Gasteiger partial charge in [-0.3, -0.25) is 4.79 Å². The smallest absolute Gasteiger partial charge is 0.234 e. The average molecular weight is 312 g/mol. The Bertz CT molecular complexity index is 622. The highest BCUT2D eigenvalue weighted by Crippen LogP contribution is 2.21. The van der Waals surface area contributed by atoms with Gasteiger partial charge in [-0.05, 0) is 30.3 Å². The van der Waals surface area contributed by atoms with Gasteiger partial charge in [0.1, 0.15) is 5.82 Å². The lowest BCUT2D eigenvalue weighted by Gasteiger charge is -2.07. The van der Waals surface area contributed by atoms with Gasteiger partial charge in [0.25, 0.3) is 0 Å². The molecule has 104 valence electrons. The molecule has 1 amide bonds. The van der Waals surface area contributed by atoms with Crippen LogP contribution in [0.5, 0.6) is 0 Å². The van der Waals surface area contributed by atoms with Gasteiger partial charge in [0.05, 0.1) is 27.2 Å². The van der Waals surface area contributed by atoms with Crippen molar-refractivity contribution in [3.8, 4) is 0 Å². The van der Waals surface area contributed by atoms with Gasteiger partial charge in [-0.1, -0.05) is 23.4 Å². The zero-order valence-electron chi connectivity index (χ0n) is 10.3. The Balaban J connectivity index is 1.92. The summed E-state index contributed by atoms with van der Waals surface area (Å²) in [5, 5.41) is 3.77. The molecule has 0 atom stereocenters. The lowest BCUT2D eigenvalue weighted by atomic mass is 10.2. The number of rotatable bonds is 4. The van der Waals surface area contributed by atoms with Crippen LogP contribution >= 0.6 is 23.4 Å². The first kappa shape index (κ1) is 14.6. The van der Waals surface area contributed by atoms with Gasteiger partial charge in [0.2, 0.25) is 5.91 Å². The van der Waals surface area contributed by atoms with E-state index in [9.17, 15) is 9.18 Å². The minimum Gasteiger partial charge on any atom is -0.397 e. The Morgan fingerprint density at radius 3 is 2.90 bits per heavy atom. The van der Waals surface area contributed by atoms with Crippen LogP contribution in [0.15, 0.2) is 41.6 Å². The van der Waals surface area contributed by atoms with E-state index in [0.29, 0.717) is 15.7 Å². The van der Waals surface area contributed by atoms with Crippen molar-refractivity contribution in [1.82, 2.24) is 4.98 Å². The molecule has 0 saturated carbocycles. The molecule has 0 aliphatic rings. The molecule has 0 bridgehead atoms. The molecule has 2 aromatic rings. The third kappa shape index (κ3) is 4.11. The van der Waals surface area contributed by atoms with Gasteiger partial charge in [-0.2, -0.15) is 0 Å². The molecule has 3 N–H and O–H groups in total. The van der Waals surface area contributed by atoms with Crippen LogP contribution in [0.3, 0.4) is 0 Å². The summed E-state index contributed by atoms with van der Waals surface area (Å²) in [6, 6.07) is 7.23. The van der Waals surface area contributed by atoms with Crippen LogP contribution in [-0.2, 0) is 4.79 Å². The van der Waals surface area contributed by atoms with Crippen molar-refractivity contribution >= 4 is 40.6 Å². The number of benzene rings is 1. The first-order valence-electron chi connectivity index (χ1n) is 5.64. The van der Waals surface area contributed by atoms with Crippen LogP contribution in [0.25, 0.3) is 0 Å². The Hall–Kier alpha value is -1.79. The standard InChI is InChI=1S/C13H11ClFN3OS/c14-8-1-4-13(17-6-8)20-7-12(19)18-11-5-9(15)2-3-10(11)16/h1-6H,7,16H2,(H,18,19). The minimum atomic E-state index is -0.457. The number of carbonyl (C=O) groups is 1. The first-order chi connectivity index (χ1) is 9.54. The van der Waals surface area contributed by atoms with Gasteiger partial charge < -0.3 is 11.1 Å². The highest BCUT2D eigenvalue weighted by molar-refractivity contribution is 7.99. The zero-order chi connectivity index (χ0) is 14.5. The van der Waals surface area contributed by atoms with Gasteiger partial charge in [-0.25, -0.2) is 9.37 Å². The maximum absolute atomic E-state index is 13.1. The average Bonchev–Trinajstić information content (AvgIpc) is 2.42. The molecule has 0 saturated heterocycles.